The maximum absolute atomic E-state index is 6.18. The Morgan fingerprint density at radius 2 is 2.00 bits per heavy atom. The Morgan fingerprint density at radius 3 is 2.72 bits per heavy atom. The fourth-order valence-electron chi connectivity index (χ4n) is 3.03. The summed E-state index contributed by atoms with van der Waals surface area (Å²) in [5.74, 6) is 0.165. The van der Waals surface area contributed by atoms with Gasteiger partial charge in [0.05, 0.1) is 19.0 Å². The van der Waals surface area contributed by atoms with E-state index in [0.717, 1.165) is 13.0 Å². The standard InChI is InChI=1S/C15H26O3/c1-3-10-16-12-14-9-11-17-15(2,18-14)13-7-5-4-6-8-13/h3,10,13-14H,4-9,11-12H2,1-2H3. The molecule has 1 saturated carbocycles. The van der Waals surface area contributed by atoms with Crippen molar-refractivity contribution in [1.29, 1.82) is 0 Å². The molecule has 18 heavy (non-hydrogen) atoms. The van der Waals surface area contributed by atoms with Crippen LogP contribution in [0.5, 0.6) is 0 Å². The van der Waals surface area contributed by atoms with Crippen LogP contribution < -0.4 is 0 Å². The van der Waals surface area contributed by atoms with Crippen LogP contribution in [-0.2, 0) is 14.2 Å². The van der Waals surface area contributed by atoms with Crippen molar-refractivity contribution in [2.45, 2.75) is 64.3 Å². The van der Waals surface area contributed by atoms with Gasteiger partial charge in [0.25, 0.3) is 0 Å². The highest BCUT2D eigenvalue weighted by atomic mass is 16.7. The van der Waals surface area contributed by atoms with Crippen LogP contribution in [0, 0.1) is 5.92 Å². The summed E-state index contributed by atoms with van der Waals surface area (Å²) in [6.07, 6.45) is 11.2. The van der Waals surface area contributed by atoms with Crippen LogP contribution in [-0.4, -0.2) is 25.1 Å². The number of rotatable bonds is 4. The molecule has 104 valence electrons. The lowest BCUT2D eigenvalue weighted by molar-refractivity contribution is -0.315. The molecule has 2 unspecified atom stereocenters. The lowest BCUT2D eigenvalue weighted by Crippen LogP contribution is -2.49. The van der Waals surface area contributed by atoms with Crippen molar-refractivity contribution in [2.75, 3.05) is 13.2 Å². The topological polar surface area (TPSA) is 27.7 Å². The molecule has 0 spiro atoms. The zero-order chi connectivity index (χ0) is 12.8. The molecular formula is C15H26O3. The lowest BCUT2D eigenvalue weighted by Gasteiger charge is -2.44. The van der Waals surface area contributed by atoms with E-state index in [2.05, 4.69) is 6.92 Å². The molecule has 2 atom stereocenters. The monoisotopic (exact) mass is 254 g/mol. The van der Waals surface area contributed by atoms with Gasteiger partial charge in [-0.05, 0) is 26.7 Å². The van der Waals surface area contributed by atoms with E-state index in [4.69, 9.17) is 14.2 Å². The lowest BCUT2D eigenvalue weighted by atomic mass is 9.83. The Balaban J connectivity index is 1.87. The van der Waals surface area contributed by atoms with E-state index in [-0.39, 0.29) is 11.9 Å². The van der Waals surface area contributed by atoms with Crippen molar-refractivity contribution in [3.63, 3.8) is 0 Å². The molecule has 0 bridgehead atoms. The smallest absolute Gasteiger partial charge is 0.168 e. The van der Waals surface area contributed by atoms with Crippen molar-refractivity contribution in [1.82, 2.24) is 0 Å². The van der Waals surface area contributed by atoms with Gasteiger partial charge in [-0.2, -0.15) is 0 Å². The summed E-state index contributed by atoms with van der Waals surface area (Å²) in [7, 11) is 0. The number of hydrogen-bond donors (Lipinski definition) is 0. The van der Waals surface area contributed by atoms with Crippen LogP contribution >= 0.6 is 0 Å². The van der Waals surface area contributed by atoms with Crippen LogP contribution in [0.3, 0.4) is 0 Å². The van der Waals surface area contributed by atoms with E-state index < -0.39 is 0 Å². The highest BCUT2D eigenvalue weighted by Gasteiger charge is 2.41. The molecule has 1 aliphatic heterocycles. The Bertz CT molecular complexity index is 271. The summed E-state index contributed by atoms with van der Waals surface area (Å²) in [6.45, 7) is 5.49. The summed E-state index contributed by atoms with van der Waals surface area (Å²) < 4.78 is 17.6. The van der Waals surface area contributed by atoms with Gasteiger partial charge >= 0.3 is 0 Å². The molecule has 1 heterocycles. The quantitative estimate of drug-likeness (QED) is 0.717. The Labute approximate surface area is 110 Å². The van der Waals surface area contributed by atoms with E-state index in [1.54, 1.807) is 6.26 Å². The largest absolute Gasteiger partial charge is 0.499 e. The molecule has 0 N–H and O–H groups in total. The van der Waals surface area contributed by atoms with Gasteiger partial charge in [-0.25, -0.2) is 0 Å². The average molecular weight is 254 g/mol. The van der Waals surface area contributed by atoms with Crippen molar-refractivity contribution >= 4 is 0 Å². The van der Waals surface area contributed by atoms with E-state index in [1.807, 2.05) is 13.0 Å². The number of allylic oxidation sites excluding steroid dienone is 1. The molecule has 0 aromatic carbocycles. The summed E-state index contributed by atoms with van der Waals surface area (Å²) in [6, 6.07) is 0. The third-order valence-corrected chi connectivity index (χ3v) is 4.09. The highest BCUT2D eigenvalue weighted by molar-refractivity contribution is 4.83. The molecule has 0 radical (unpaired) electrons. The van der Waals surface area contributed by atoms with Gasteiger partial charge in [0.1, 0.15) is 6.61 Å². The molecule has 2 rings (SSSR count). The minimum atomic E-state index is -0.386. The minimum absolute atomic E-state index is 0.168. The summed E-state index contributed by atoms with van der Waals surface area (Å²) >= 11 is 0. The predicted molar refractivity (Wildman–Crippen MR) is 71.2 cm³/mol. The van der Waals surface area contributed by atoms with Crippen molar-refractivity contribution in [3.05, 3.63) is 12.3 Å². The van der Waals surface area contributed by atoms with Crippen molar-refractivity contribution < 1.29 is 14.2 Å². The van der Waals surface area contributed by atoms with Crippen LogP contribution in [0.4, 0.5) is 0 Å². The second kappa shape index (κ2) is 6.58. The van der Waals surface area contributed by atoms with Gasteiger partial charge in [-0.3, -0.25) is 0 Å². The van der Waals surface area contributed by atoms with Gasteiger partial charge in [-0.15, -0.1) is 0 Å². The van der Waals surface area contributed by atoms with Crippen LogP contribution in [0.1, 0.15) is 52.4 Å². The SMILES string of the molecule is CC=COCC1CCOC(C)(C2CCCCC2)O1. The molecule has 2 aliphatic rings. The Hall–Kier alpha value is -0.540. The first-order chi connectivity index (χ1) is 8.74. The fraction of sp³-hybridized carbons (Fsp3) is 0.867. The zero-order valence-electron chi connectivity index (χ0n) is 11.7. The van der Waals surface area contributed by atoms with E-state index in [1.165, 1.54) is 32.1 Å². The molecule has 0 aromatic rings. The summed E-state index contributed by atoms with van der Waals surface area (Å²) in [5.41, 5.74) is 0. The van der Waals surface area contributed by atoms with E-state index >= 15 is 0 Å². The van der Waals surface area contributed by atoms with Gasteiger partial charge in [0, 0.05) is 12.3 Å². The van der Waals surface area contributed by atoms with Crippen LogP contribution in [0.2, 0.25) is 0 Å². The Morgan fingerprint density at radius 1 is 1.22 bits per heavy atom. The maximum atomic E-state index is 6.18. The molecule has 1 aliphatic carbocycles. The van der Waals surface area contributed by atoms with Gasteiger partial charge in [-0.1, -0.05) is 25.3 Å². The third kappa shape index (κ3) is 3.48. The number of hydrogen-bond acceptors (Lipinski definition) is 3. The van der Waals surface area contributed by atoms with Gasteiger partial charge < -0.3 is 14.2 Å². The van der Waals surface area contributed by atoms with Crippen molar-refractivity contribution in [3.8, 4) is 0 Å². The van der Waals surface area contributed by atoms with Crippen LogP contribution in [0.15, 0.2) is 12.3 Å². The average Bonchev–Trinajstić information content (AvgIpc) is 2.40. The minimum Gasteiger partial charge on any atom is -0.499 e. The third-order valence-electron chi connectivity index (χ3n) is 4.09. The highest BCUT2D eigenvalue weighted by Crippen LogP contribution is 2.38. The van der Waals surface area contributed by atoms with Crippen LogP contribution in [0.25, 0.3) is 0 Å². The van der Waals surface area contributed by atoms with E-state index in [0.29, 0.717) is 12.5 Å². The second-order valence-electron chi connectivity index (χ2n) is 5.53. The molecule has 0 aromatic heterocycles. The first-order valence-corrected chi connectivity index (χ1v) is 7.29. The molecule has 1 saturated heterocycles. The first kappa shape index (κ1) is 13.9. The predicted octanol–water partition coefficient (Wildman–Crippen LogP) is 3.64. The number of ether oxygens (including phenoxy) is 3. The maximum Gasteiger partial charge on any atom is 0.168 e. The summed E-state index contributed by atoms with van der Waals surface area (Å²) in [5, 5.41) is 0. The molecule has 3 heteroatoms. The van der Waals surface area contributed by atoms with Gasteiger partial charge in [0.15, 0.2) is 5.79 Å². The molecule has 3 nitrogen and oxygen atoms in total. The second-order valence-corrected chi connectivity index (χ2v) is 5.53. The fourth-order valence-corrected chi connectivity index (χ4v) is 3.03. The zero-order valence-corrected chi connectivity index (χ0v) is 11.7. The van der Waals surface area contributed by atoms with E-state index in [9.17, 15) is 0 Å². The van der Waals surface area contributed by atoms with Gasteiger partial charge in [0.2, 0.25) is 0 Å². The Kier molecular flexibility index (Phi) is 5.07. The summed E-state index contributed by atoms with van der Waals surface area (Å²) in [4.78, 5) is 0. The molecule has 0 amide bonds. The molecular weight excluding hydrogens is 228 g/mol. The molecule has 2 fully saturated rings. The van der Waals surface area contributed by atoms with Crippen molar-refractivity contribution in [2.24, 2.45) is 5.92 Å². The first-order valence-electron chi connectivity index (χ1n) is 7.29. The normalized spacial score (nSPS) is 34.9.